The van der Waals surface area contributed by atoms with Crippen LogP contribution in [0.2, 0.25) is 51.4 Å². The molecular weight excluding hydrogens is 613 g/mol. The number of hydrogen-bond acceptors (Lipinski definition) is 6. The van der Waals surface area contributed by atoms with Gasteiger partial charge in [-0.2, -0.15) is 5.26 Å². The molecule has 46 heavy (non-hydrogen) atoms. The van der Waals surface area contributed by atoms with E-state index in [2.05, 4.69) is 49.9 Å². The predicted molar refractivity (Wildman–Crippen MR) is 189 cm³/mol. The summed E-state index contributed by atoms with van der Waals surface area (Å²) in [5, 5.41) is 20.5. The molecule has 4 aromatic rings. The van der Waals surface area contributed by atoms with Crippen molar-refractivity contribution in [1.82, 2.24) is 14.1 Å². The van der Waals surface area contributed by atoms with E-state index in [4.69, 9.17) is 19.2 Å². The van der Waals surface area contributed by atoms with E-state index in [9.17, 15) is 15.2 Å². The second-order valence-electron chi connectivity index (χ2n) is 14.6. The van der Waals surface area contributed by atoms with E-state index in [-0.39, 0.29) is 6.73 Å². The van der Waals surface area contributed by atoms with Gasteiger partial charge in [0.1, 0.15) is 25.0 Å². The first-order chi connectivity index (χ1) is 21.6. The summed E-state index contributed by atoms with van der Waals surface area (Å²) >= 11 is 0. The molecule has 1 N–H and O–H groups in total. The van der Waals surface area contributed by atoms with Gasteiger partial charge in [0.25, 0.3) is 0 Å². The number of benzene rings is 2. The highest BCUT2D eigenvalue weighted by molar-refractivity contribution is 6.76. The molecular formula is C35H48N4O5Si2. The largest absolute Gasteiger partial charge is 0.496 e. The van der Waals surface area contributed by atoms with Gasteiger partial charge < -0.3 is 28.5 Å². The van der Waals surface area contributed by atoms with Crippen LogP contribution in [0.5, 0.6) is 5.75 Å². The Labute approximate surface area is 274 Å². The number of imidazole rings is 1. The lowest BCUT2D eigenvalue weighted by atomic mass is 9.78. The fourth-order valence-corrected chi connectivity index (χ4v) is 7.20. The number of hydrogen-bond donors (Lipinski definition) is 1. The van der Waals surface area contributed by atoms with E-state index in [1.807, 2.05) is 48.9 Å². The van der Waals surface area contributed by atoms with Crippen molar-refractivity contribution in [2.24, 2.45) is 0 Å². The van der Waals surface area contributed by atoms with Crippen molar-refractivity contribution in [2.45, 2.75) is 84.1 Å². The zero-order valence-electron chi connectivity index (χ0n) is 28.7. The third kappa shape index (κ3) is 7.98. The summed E-state index contributed by atoms with van der Waals surface area (Å²) in [5.41, 5.74) is 3.65. The van der Waals surface area contributed by atoms with Crippen molar-refractivity contribution >= 4 is 44.1 Å². The molecule has 246 valence electrons. The maximum Gasteiger partial charge on any atom is 0.328 e. The molecule has 0 bridgehead atoms. The number of fused-ring (bicyclic) bond motifs is 2. The lowest BCUT2D eigenvalue weighted by Gasteiger charge is -2.30. The Hall–Kier alpha value is -3.70. The molecule has 1 unspecified atom stereocenters. The second kappa shape index (κ2) is 14.0. The highest BCUT2D eigenvalue weighted by Crippen LogP contribution is 2.45. The van der Waals surface area contributed by atoms with Gasteiger partial charge >= 0.3 is 5.97 Å². The SMILES string of the molecule is COc1cc(C)c2c(ccn2COCC[Si](C)(C)C)c1C(C)(C=CC(=O)O)c1nc2ccc(C#N)cc2n1COCC[Si](C)(C)C. The summed E-state index contributed by atoms with van der Waals surface area (Å²) in [4.78, 5) is 17.1. The summed E-state index contributed by atoms with van der Waals surface area (Å²) in [6.45, 7) is 19.8. The average molecular weight is 661 g/mol. The van der Waals surface area contributed by atoms with E-state index >= 15 is 0 Å². The second-order valence-corrected chi connectivity index (χ2v) is 25.8. The van der Waals surface area contributed by atoms with E-state index in [1.165, 1.54) is 0 Å². The lowest BCUT2D eigenvalue weighted by Crippen LogP contribution is -2.28. The smallest absolute Gasteiger partial charge is 0.328 e. The number of rotatable bonds is 15. The van der Waals surface area contributed by atoms with Crippen LogP contribution in [-0.2, 0) is 33.1 Å². The van der Waals surface area contributed by atoms with E-state index in [0.29, 0.717) is 42.6 Å². The Kier molecular flexibility index (Phi) is 10.7. The Bertz CT molecular complexity index is 1790. The summed E-state index contributed by atoms with van der Waals surface area (Å²) in [6, 6.07) is 13.7. The van der Waals surface area contributed by atoms with Gasteiger partial charge in [-0.25, -0.2) is 9.78 Å². The lowest BCUT2D eigenvalue weighted by molar-refractivity contribution is -0.131. The molecule has 0 saturated heterocycles. The van der Waals surface area contributed by atoms with Gasteiger partial charge in [-0.15, -0.1) is 0 Å². The Morgan fingerprint density at radius 1 is 1.04 bits per heavy atom. The zero-order chi connectivity index (χ0) is 33.9. The van der Waals surface area contributed by atoms with E-state index in [1.54, 1.807) is 19.3 Å². The first-order valence-electron chi connectivity index (χ1n) is 15.7. The monoisotopic (exact) mass is 660 g/mol. The van der Waals surface area contributed by atoms with Gasteiger partial charge in [0, 0.05) is 52.6 Å². The number of carboxylic acids is 1. The van der Waals surface area contributed by atoms with Gasteiger partial charge in [0.2, 0.25) is 0 Å². The number of carbonyl (C=O) groups is 1. The molecule has 0 spiro atoms. The van der Waals surface area contributed by atoms with Crippen molar-refractivity contribution in [3.8, 4) is 11.8 Å². The molecule has 4 rings (SSSR count). The number of ether oxygens (including phenoxy) is 3. The van der Waals surface area contributed by atoms with Crippen LogP contribution in [0, 0.1) is 18.3 Å². The van der Waals surface area contributed by atoms with Crippen LogP contribution in [-0.4, -0.2) is 61.7 Å². The minimum Gasteiger partial charge on any atom is -0.496 e. The fraction of sp³-hybridized carbons (Fsp3) is 0.457. The predicted octanol–water partition coefficient (Wildman–Crippen LogP) is 7.75. The molecule has 0 radical (unpaired) electrons. The first kappa shape index (κ1) is 35.2. The Morgan fingerprint density at radius 3 is 2.28 bits per heavy atom. The van der Waals surface area contributed by atoms with Gasteiger partial charge in [-0.3, -0.25) is 0 Å². The summed E-state index contributed by atoms with van der Waals surface area (Å²) in [6.07, 6.45) is 4.85. The minimum atomic E-state index is -1.34. The first-order valence-corrected chi connectivity index (χ1v) is 23.1. The summed E-state index contributed by atoms with van der Waals surface area (Å²) < 4.78 is 22.5. The Balaban J connectivity index is 1.94. The van der Waals surface area contributed by atoms with Crippen LogP contribution in [0.25, 0.3) is 21.9 Å². The minimum absolute atomic E-state index is 0.199. The topological polar surface area (TPSA) is 112 Å². The third-order valence-electron chi connectivity index (χ3n) is 8.28. The molecule has 2 aromatic heterocycles. The van der Waals surface area contributed by atoms with Crippen LogP contribution >= 0.6 is 0 Å². The number of carboxylic acid groups (broad SMARTS) is 1. The summed E-state index contributed by atoms with van der Waals surface area (Å²) in [7, 11) is -0.947. The quantitative estimate of drug-likeness (QED) is 0.0788. The summed E-state index contributed by atoms with van der Waals surface area (Å²) in [5.74, 6) is 0.143. The molecule has 2 heterocycles. The van der Waals surface area contributed by atoms with Crippen LogP contribution in [0.4, 0.5) is 0 Å². The van der Waals surface area contributed by atoms with Gasteiger partial charge in [-0.1, -0.05) is 45.4 Å². The maximum absolute atomic E-state index is 12.0. The number of aromatic nitrogens is 3. The fourth-order valence-electron chi connectivity index (χ4n) is 5.69. The number of aliphatic carboxylic acids is 1. The molecule has 2 aromatic carbocycles. The zero-order valence-corrected chi connectivity index (χ0v) is 30.7. The molecule has 0 saturated carbocycles. The van der Waals surface area contributed by atoms with Crippen molar-refractivity contribution in [2.75, 3.05) is 20.3 Å². The molecule has 0 aliphatic carbocycles. The molecule has 0 amide bonds. The Morgan fingerprint density at radius 2 is 1.70 bits per heavy atom. The van der Waals surface area contributed by atoms with Gasteiger partial charge in [0.05, 0.1) is 40.7 Å². The van der Waals surface area contributed by atoms with E-state index in [0.717, 1.165) is 45.7 Å². The van der Waals surface area contributed by atoms with Crippen LogP contribution in [0.3, 0.4) is 0 Å². The number of nitriles is 1. The molecule has 11 heteroatoms. The number of aryl methyl sites for hydroxylation is 1. The van der Waals surface area contributed by atoms with Crippen LogP contribution in [0.15, 0.2) is 48.7 Å². The van der Waals surface area contributed by atoms with Gasteiger partial charge in [0.15, 0.2) is 0 Å². The third-order valence-corrected chi connectivity index (χ3v) is 11.7. The van der Waals surface area contributed by atoms with Crippen LogP contribution < -0.4 is 4.74 Å². The van der Waals surface area contributed by atoms with Crippen molar-refractivity contribution in [1.29, 1.82) is 5.26 Å². The normalized spacial score (nSPS) is 13.8. The molecule has 0 fully saturated rings. The standard InChI is InChI=1S/C35H48N4O5Si2/c1-25-20-30(42-3)32(27-13-15-38(33(25)27)23-43-16-18-45(4,5)6)35(2,14-12-31(40)41)34-37-28-11-10-26(22-36)21-29(28)39(34)24-44-17-19-46(7,8)9/h10-15,20-21H,16-19,23-24H2,1-9H3,(H,40,41). The van der Waals surface area contributed by atoms with Crippen molar-refractivity contribution < 1.29 is 24.1 Å². The van der Waals surface area contributed by atoms with Crippen molar-refractivity contribution in [3.63, 3.8) is 0 Å². The number of methoxy groups -OCH3 is 1. The number of allylic oxidation sites excluding steroid dienone is 1. The number of nitrogens with zero attached hydrogens (tertiary/aromatic N) is 4. The molecule has 0 aliphatic heterocycles. The molecule has 1 atom stereocenters. The van der Waals surface area contributed by atoms with E-state index < -0.39 is 27.5 Å². The van der Waals surface area contributed by atoms with Crippen LogP contribution in [0.1, 0.15) is 29.4 Å². The van der Waals surface area contributed by atoms with Gasteiger partial charge in [-0.05, 0) is 61.8 Å². The molecule has 0 aliphatic rings. The highest BCUT2D eigenvalue weighted by Gasteiger charge is 2.38. The average Bonchev–Trinajstić information content (AvgIpc) is 3.57. The van der Waals surface area contributed by atoms with Crippen molar-refractivity contribution in [3.05, 3.63) is 71.2 Å². The maximum atomic E-state index is 12.0. The molecule has 9 nitrogen and oxygen atoms in total. The highest BCUT2D eigenvalue weighted by atomic mass is 28.3.